The highest BCUT2D eigenvalue weighted by atomic mass is 31.2. The van der Waals surface area contributed by atoms with Crippen molar-refractivity contribution in [3.8, 4) is 0 Å². The standard InChI is InChI=1S/C39H73O13P/c1-3-5-7-9-11-13-15-16-17-18-20-22-24-26-28-33(41)51-31(29-49-32(40)27-25-23-21-19-14-12-10-8-6-4-2)30-50-53(47,48)52-39-37(45)35(43)34(42)36(44)38(39)46/h15-16,31,34-39,42-46H,3-14,17-30H2,1-2H3,(H,47,48)/b16-15-/t31-,34?,35-,36?,37?,38?,39?/m1/s1. The number of aliphatic hydroxyl groups excluding tert-OH is 5. The third-order valence-corrected chi connectivity index (χ3v) is 10.6. The molecule has 1 aliphatic rings. The number of allylic oxidation sites excluding steroid dienone is 2. The van der Waals surface area contributed by atoms with Crippen LogP contribution in [0.4, 0.5) is 0 Å². The largest absolute Gasteiger partial charge is 0.472 e. The van der Waals surface area contributed by atoms with Gasteiger partial charge in [-0.2, -0.15) is 0 Å². The first-order chi connectivity index (χ1) is 25.4. The number of esters is 2. The molecule has 0 aromatic heterocycles. The molecule has 53 heavy (non-hydrogen) atoms. The number of hydrogen-bond acceptors (Lipinski definition) is 12. The average Bonchev–Trinajstić information content (AvgIpc) is 3.13. The summed E-state index contributed by atoms with van der Waals surface area (Å²) in [7, 11) is -5.11. The fraction of sp³-hybridized carbons (Fsp3) is 0.897. The van der Waals surface area contributed by atoms with Crippen molar-refractivity contribution in [3.05, 3.63) is 12.2 Å². The van der Waals surface area contributed by atoms with Gasteiger partial charge < -0.3 is 39.9 Å². The zero-order valence-corrected chi connectivity index (χ0v) is 33.5. The minimum absolute atomic E-state index is 0.0901. The van der Waals surface area contributed by atoms with Crippen LogP contribution in [0.1, 0.15) is 168 Å². The second kappa shape index (κ2) is 30.8. The van der Waals surface area contributed by atoms with Crippen molar-refractivity contribution < 1.29 is 63.1 Å². The van der Waals surface area contributed by atoms with E-state index in [-0.39, 0.29) is 12.8 Å². The minimum Gasteiger partial charge on any atom is -0.462 e. The maximum Gasteiger partial charge on any atom is 0.472 e. The van der Waals surface area contributed by atoms with Crippen LogP contribution in [0.15, 0.2) is 12.2 Å². The van der Waals surface area contributed by atoms with Gasteiger partial charge in [0.05, 0.1) is 6.61 Å². The smallest absolute Gasteiger partial charge is 0.462 e. The zero-order valence-electron chi connectivity index (χ0n) is 32.6. The fourth-order valence-corrected chi connectivity index (χ4v) is 7.19. The number of phosphoric ester groups is 1. The quantitative estimate of drug-likeness (QED) is 0.0177. The monoisotopic (exact) mass is 780 g/mol. The lowest BCUT2D eigenvalue weighted by Crippen LogP contribution is -2.64. The Kier molecular flexibility index (Phi) is 28.8. The first kappa shape index (κ1) is 49.6. The predicted molar refractivity (Wildman–Crippen MR) is 203 cm³/mol. The molecule has 1 saturated carbocycles. The topological polar surface area (TPSA) is 210 Å². The molecule has 0 aliphatic heterocycles. The summed E-state index contributed by atoms with van der Waals surface area (Å²) in [4.78, 5) is 35.4. The number of ether oxygens (including phenoxy) is 2. The first-order valence-electron chi connectivity index (χ1n) is 20.5. The van der Waals surface area contributed by atoms with Crippen LogP contribution in [-0.4, -0.2) is 98.3 Å². The van der Waals surface area contributed by atoms with Gasteiger partial charge in [0.2, 0.25) is 0 Å². The van der Waals surface area contributed by atoms with Gasteiger partial charge in [-0.15, -0.1) is 0 Å². The van der Waals surface area contributed by atoms with Crippen LogP contribution in [0.3, 0.4) is 0 Å². The Hall–Kier alpha value is -1.41. The van der Waals surface area contributed by atoms with Gasteiger partial charge in [-0.3, -0.25) is 18.6 Å². The predicted octanol–water partition coefficient (Wildman–Crippen LogP) is 6.72. The van der Waals surface area contributed by atoms with Crippen LogP contribution < -0.4 is 0 Å². The Morgan fingerprint density at radius 3 is 1.43 bits per heavy atom. The maximum absolute atomic E-state index is 12.7. The Bertz CT molecular complexity index is 996. The highest BCUT2D eigenvalue weighted by Crippen LogP contribution is 2.47. The summed E-state index contributed by atoms with van der Waals surface area (Å²) >= 11 is 0. The van der Waals surface area contributed by atoms with Crippen molar-refractivity contribution in [2.75, 3.05) is 13.2 Å². The number of unbranched alkanes of at least 4 members (excludes halogenated alkanes) is 19. The van der Waals surface area contributed by atoms with Crippen molar-refractivity contribution in [1.29, 1.82) is 0 Å². The van der Waals surface area contributed by atoms with Gasteiger partial charge in [0.25, 0.3) is 0 Å². The summed E-state index contributed by atoms with van der Waals surface area (Å²) in [5.74, 6) is -1.11. The van der Waals surface area contributed by atoms with E-state index in [4.69, 9.17) is 18.5 Å². The second-order valence-corrected chi connectivity index (χ2v) is 15.9. The third-order valence-electron chi connectivity index (χ3n) is 9.61. The van der Waals surface area contributed by atoms with Gasteiger partial charge in [-0.05, 0) is 38.5 Å². The van der Waals surface area contributed by atoms with Crippen molar-refractivity contribution in [3.63, 3.8) is 0 Å². The minimum atomic E-state index is -5.11. The molecule has 6 N–H and O–H groups in total. The Labute approximate surface area is 318 Å². The molecule has 6 unspecified atom stereocenters. The number of rotatable bonds is 33. The Morgan fingerprint density at radius 1 is 0.566 bits per heavy atom. The van der Waals surface area contributed by atoms with E-state index in [0.717, 1.165) is 57.8 Å². The van der Waals surface area contributed by atoms with E-state index in [9.17, 15) is 44.6 Å². The van der Waals surface area contributed by atoms with Crippen LogP contribution >= 0.6 is 7.82 Å². The van der Waals surface area contributed by atoms with E-state index in [1.807, 2.05) is 0 Å². The lowest BCUT2D eigenvalue weighted by molar-refractivity contribution is -0.220. The summed E-state index contributed by atoms with van der Waals surface area (Å²) in [6.07, 6.45) is 15.7. The maximum atomic E-state index is 12.7. The van der Waals surface area contributed by atoms with Crippen molar-refractivity contribution in [2.24, 2.45) is 0 Å². The summed E-state index contributed by atoms with van der Waals surface area (Å²) in [5, 5.41) is 49.9. The molecule has 0 heterocycles. The molecule has 13 nitrogen and oxygen atoms in total. The molecular weight excluding hydrogens is 707 g/mol. The summed E-state index contributed by atoms with van der Waals surface area (Å²) < 4.78 is 33.3. The van der Waals surface area contributed by atoms with Gasteiger partial charge in [-0.25, -0.2) is 4.57 Å². The van der Waals surface area contributed by atoms with Gasteiger partial charge >= 0.3 is 19.8 Å². The highest BCUT2D eigenvalue weighted by Gasteiger charge is 2.51. The normalized spacial score (nSPS) is 23.5. The van der Waals surface area contributed by atoms with E-state index in [1.54, 1.807) is 0 Å². The number of carbonyl (C=O) groups is 2. The van der Waals surface area contributed by atoms with Crippen LogP contribution in [-0.2, 0) is 32.7 Å². The van der Waals surface area contributed by atoms with Gasteiger partial charge in [0.15, 0.2) is 6.10 Å². The number of phosphoric acid groups is 1. The molecule has 0 amide bonds. The SMILES string of the molecule is CCCCCCC/C=C\CCCCCCCC(=O)O[C@H](COC(=O)CCCCCCCCCCCC)COP(=O)(O)OC1C(O)C(O)C(O)[C@@H](O)C1O. The first-order valence-corrected chi connectivity index (χ1v) is 22.0. The molecule has 0 aromatic rings. The van der Waals surface area contributed by atoms with Crippen LogP contribution in [0.2, 0.25) is 0 Å². The van der Waals surface area contributed by atoms with Gasteiger partial charge in [-0.1, -0.05) is 129 Å². The highest BCUT2D eigenvalue weighted by molar-refractivity contribution is 7.47. The Balaban J connectivity index is 2.52. The molecule has 14 heteroatoms. The van der Waals surface area contributed by atoms with Crippen molar-refractivity contribution in [1.82, 2.24) is 0 Å². The lowest BCUT2D eigenvalue weighted by atomic mass is 9.85. The summed E-state index contributed by atoms with van der Waals surface area (Å²) in [6.45, 7) is 3.24. The third kappa shape index (κ3) is 24.0. The van der Waals surface area contributed by atoms with E-state index in [1.165, 1.54) is 70.6 Å². The molecule has 0 bridgehead atoms. The number of hydrogen-bond donors (Lipinski definition) is 6. The zero-order chi connectivity index (χ0) is 39.3. The molecule has 0 radical (unpaired) electrons. The van der Waals surface area contributed by atoms with Crippen molar-refractivity contribution >= 4 is 19.8 Å². The van der Waals surface area contributed by atoms with Crippen LogP contribution in [0.25, 0.3) is 0 Å². The molecule has 0 spiro atoms. The molecule has 1 aliphatic carbocycles. The number of carbonyl (C=O) groups excluding carboxylic acids is 2. The lowest BCUT2D eigenvalue weighted by Gasteiger charge is -2.41. The average molecular weight is 781 g/mol. The molecule has 0 aromatic carbocycles. The van der Waals surface area contributed by atoms with E-state index in [0.29, 0.717) is 12.8 Å². The summed E-state index contributed by atoms with van der Waals surface area (Å²) in [5.41, 5.74) is 0. The van der Waals surface area contributed by atoms with E-state index < -0.39 is 75.7 Å². The number of aliphatic hydroxyl groups is 5. The van der Waals surface area contributed by atoms with E-state index in [2.05, 4.69) is 26.0 Å². The van der Waals surface area contributed by atoms with E-state index >= 15 is 0 Å². The molecule has 0 saturated heterocycles. The molecule has 312 valence electrons. The fourth-order valence-electron chi connectivity index (χ4n) is 6.22. The molecule has 8 atom stereocenters. The van der Waals surface area contributed by atoms with Gasteiger partial charge in [0.1, 0.15) is 43.2 Å². The molecular formula is C39H73O13P. The molecule has 1 rings (SSSR count). The Morgan fingerprint density at radius 2 is 0.962 bits per heavy atom. The van der Waals surface area contributed by atoms with Crippen molar-refractivity contribution in [2.45, 2.75) is 211 Å². The van der Waals surface area contributed by atoms with Gasteiger partial charge in [0, 0.05) is 12.8 Å². The summed E-state index contributed by atoms with van der Waals surface area (Å²) in [6, 6.07) is 0. The second-order valence-electron chi connectivity index (χ2n) is 14.5. The van der Waals surface area contributed by atoms with Crippen LogP contribution in [0, 0.1) is 0 Å². The molecule has 1 fully saturated rings. The van der Waals surface area contributed by atoms with Crippen LogP contribution in [0.5, 0.6) is 0 Å².